The van der Waals surface area contributed by atoms with Gasteiger partial charge in [0.05, 0.1) is 33.0 Å². The first-order chi connectivity index (χ1) is 10.6. The standard InChI is InChI=1S/C18H37NO4/c1-17(2,3)9-7-10-21-12-14-23-15-13-22-11-8-16(20)19-18(4,5)6/h7-15H2,1-6H3,(H,19,20). The second-order valence-corrected chi connectivity index (χ2v) is 8.05. The van der Waals surface area contributed by atoms with E-state index in [2.05, 4.69) is 26.1 Å². The van der Waals surface area contributed by atoms with Crippen LogP contribution in [0.15, 0.2) is 0 Å². The van der Waals surface area contributed by atoms with Crippen LogP contribution >= 0.6 is 0 Å². The first-order valence-corrected chi connectivity index (χ1v) is 8.64. The van der Waals surface area contributed by atoms with Gasteiger partial charge in [-0.25, -0.2) is 0 Å². The highest BCUT2D eigenvalue weighted by atomic mass is 16.5. The molecule has 0 aliphatic heterocycles. The third kappa shape index (κ3) is 19.3. The van der Waals surface area contributed by atoms with Crippen LogP contribution in [0, 0.1) is 5.41 Å². The van der Waals surface area contributed by atoms with Gasteiger partial charge < -0.3 is 19.5 Å². The molecule has 0 aliphatic carbocycles. The molecule has 1 amide bonds. The van der Waals surface area contributed by atoms with Crippen LogP contribution in [0.4, 0.5) is 0 Å². The Morgan fingerprint density at radius 3 is 1.74 bits per heavy atom. The minimum Gasteiger partial charge on any atom is -0.379 e. The SMILES string of the molecule is CC(C)(C)CCCOCCOCCOCCC(=O)NC(C)(C)C. The third-order valence-electron chi connectivity index (χ3n) is 2.95. The van der Waals surface area contributed by atoms with Crippen molar-refractivity contribution in [2.24, 2.45) is 5.41 Å². The van der Waals surface area contributed by atoms with E-state index in [0.717, 1.165) is 13.0 Å². The van der Waals surface area contributed by atoms with Crippen molar-refractivity contribution in [3.63, 3.8) is 0 Å². The lowest BCUT2D eigenvalue weighted by atomic mass is 9.91. The fourth-order valence-corrected chi connectivity index (χ4v) is 1.89. The number of hydrogen-bond donors (Lipinski definition) is 1. The molecule has 0 aromatic heterocycles. The summed E-state index contributed by atoms with van der Waals surface area (Å²) >= 11 is 0. The quantitative estimate of drug-likeness (QED) is 0.558. The average molecular weight is 331 g/mol. The van der Waals surface area contributed by atoms with Crippen molar-refractivity contribution in [2.45, 2.75) is 66.3 Å². The Kier molecular flexibility index (Phi) is 11.5. The third-order valence-corrected chi connectivity index (χ3v) is 2.95. The zero-order valence-corrected chi connectivity index (χ0v) is 16.0. The van der Waals surface area contributed by atoms with Crippen molar-refractivity contribution in [3.05, 3.63) is 0 Å². The summed E-state index contributed by atoms with van der Waals surface area (Å²) < 4.78 is 16.3. The number of rotatable bonds is 12. The number of ether oxygens (including phenoxy) is 3. The van der Waals surface area contributed by atoms with E-state index in [1.165, 1.54) is 6.42 Å². The topological polar surface area (TPSA) is 56.8 Å². The molecule has 5 heteroatoms. The molecule has 0 bridgehead atoms. The maximum absolute atomic E-state index is 11.5. The van der Waals surface area contributed by atoms with E-state index in [9.17, 15) is 4.79 Å². The monoisotopic (exact) mass is 331 g/mol. The van der Waals surface area contributed by atoms with E-state index in [1.807, 2.05) is 20.8 Å². The molecular weight excluding hydrogens is 294 g/mol. The number of carbonyl (C=O) groups excluding carboxylic acids is 1. The molecule has 0 aromatic rings. The lowest BCUT2D eigenvalue weighted by Crippen LogP contribution is -2.40. The highest BCUT2D eigenvalue weighted by Gasteiger charge is 2.13. The number of nitrogens with one attached hydrogen (secondary N) is 1. The fraction of sp³-hybridized carbons (Fsp3) is 0.944. The van der Waals surface area contributed by atoms with E-state index < -0.39 is 0 Å². The maximum atomic E-state index is 11.5. The van der Waals surface area contributed by atoms with Crippen LogP contribution in [0.2, 0.25) is 0 Å². The van der Waals surface area contributed by atoms with Crippen LogP contribution in [0.25, 0.3) is 0 Å². The molecular formula is C18H37NO4. The summed E-state index contributed by atoms with van der Waals surface area (Å²) in [7, 11) is 0. The highest BCUT2D eigenvalue weighted by molar-refractivity contribution is 5.76. The van der Waals surface area contributed by atoms with E-state index >= 15 is 0 Å². The van der Waals surface area contributed by atoms with Crippen molar-refractivity contribution in [1.29, 1.82) is 0 Å². The van der Waals surface area contributed by atoms with Gasteiger partial charge in [0.25, 0.3) is 0 Å². The minimum atomic E-state index is -0.187. The highest BCUT2D eigenvalue weighted by Crippen LogP contribution is 2.20. The summed E-state index contributed by atoms with van der Waals surface area (Å²) in [5, 5.41) is 2.90. The van der Waals surface area contributed by atoms with Crippen molar-refractivity contribution in [1.82, 2.24) is 5.32 Å². The molecule has 0 spiro atoms. The first-order valence-electron chi connectivity index (χ1n) is 8.64. The largest absolute Gasteiger partial charge is 0.379 e. The molecule has 1 N–H and O–H groups in total. The lowest BCUT2D eigenvalue weighted by Gasteiger charge is -2.20. The summed E-state index contributed by atoms with van der Waals surface area (Å²) in [5.74, 6) is 0.0158. The summed E-state index contributed by atoms with van der Waals surface area (Å²) in [4.78, 5) is 11.5. The van der Waals surface area contributed by atoms with Crippen LogP contribution in [0.1, 0.15) is 60.8 Å². The lowest BCUT2D eigenvalue weighted by molar-refractivity contribution is -0.123. The minimum absolute atomic E-state index is 0.0158. The second kappa shape index (κ2) is 11.8. The summed E-state index contributed by atoms with van der Waals surface area (Å²) in [6, 6.07) is 0. The van der Waals surface area contributed by atoms with Crippen LogP contribution in [0.5, 0.6) is 0 Å². The molecule has 0 saturated heterocycles. The molecule has 138 valence electrons. The predicted octanol–water partition coefficient (Wildman–Crippen LogP) is 3.17. The van der Waals surface area contributed by atoms with Crippen LogP contribution < -0.4 is 5.32 Å². The molecule has 23 heavy (non-hydrogen) atoms. The molecule has 0 atom stereocenters. The number of amides is 1. The number of hydrogen-bond acceptors (Lipinski definition) is 4. The zero-order chi connectivity index (χ0) is 17.8. The van der Waals surface area contributed by atoms with Crippen LogP contribution in [0.3, 0.4) is 0 Å². The zero-order valence-electron chi connectivity index (χ0n) is 16.0. The van der Waals surface area contributed by atoms with E-state index in [0.29, 0.717) is 44.9 Å². The molecule has 0 rings (SSSR count). The van der Waals surface area contributed by atoms with Crippen molar-refractivity contribution in [2.75, 3.05) is 39.6 Å². The van der Waals surface area contributed by atoms with Gasteiger partial charge >= 0.3 is 0 Å². The van der Waals surface area contributed by atoms with Gasteiger partial charge in [0.15, 0.2) is 0 Å². The normalized spacial score (nSPS) is 12.4. The Hall–Kier alpha value is -0.650. The van der Waals surface area contributed by atoms with Gasteiger partial charge in [-0.3, -0.25) is 4.79 Å². The maximum Gasteiger partial charge on any atom is 0.222 e. The van der Waals surface area contributed by atoms with E-state index in [1.54, 1.807) is 0 Å². The van der Waals surface area contributed by atoms with Crippen molar-refractivity contribution in [3.8, 4) is 0 Å². The van der Waals surface area contributed by atoms with Gasteiger partial charge in [0.1, 0.15) is 0 Å². The Labute approximate surface area is 142 Å². The Morgan fingerprint density at radius 1 is 0.783 bits per heavy atom. The van der Waals surface area contributed by atoms with Crippen molar-refractivity contribution >= 4 is 5.91 Å². The fourth-order valence-electron chi connectivity index (χ4n) is 1.89. The van der Waals surface area contributed by atoms with E-state index in [4.69, 9.17) is 14.2 Å². The van der Waals surface area contributed by atoms with Crippen molar-refractivity contribution < 1.29 is 19.0 Å². The van der Waals surface area contributed by atoms with Gasteiger partial charge in [-0.2, -0.15) is 0 Å². The van der Waals surface area contributed by atoms with Gasteiger partial charge in [0.2, 0.25) is 5.91 Å². The average Bonchev–Trinajstić information content (AvgIpc) is 2.36. The van der Waals surface area contributed by atoms with Gasteiger partial charge in [-0.1, -0.05) is 20.8 Å². The summed E-state index contributed by atoms with van der Waals surface area (Å²) in [6.07, 6.45) is 2.64. The van der Waals surface area contributed by atoms with Gasteiger partial charge in [-0.15, -0.1) is 0 Å². The predicted molar refractivity (Wildman–Crippen MR) is 93.7 cm³/mol. The molecule has 0 aromatic carbocycles. The van der Waals surface area contributed by atoms with Gasteiger partial charge in [-0.05, 0) is 39.0 Å². The van der Waals surface area contributed by atoms with E-state index in [-0.39, 0.29) is 11.4 Å². The number of carbonyl (C=O) groups is 1. The second-order valence-electron chi connectivity index (χ2n) is 8.05. The Bertz CT molecular complexity index is 305. The summed E-state index contributed by atoms with van der Waals surface area (Å²) in [6.45, 7) is 16.1. The van der Waals surface area contributed by atoms with Crippen LogP contribution in [-0.2, 0) is 19.0 Å². The van der Waals surface area contributed by atoms with Gasteiger partial charge in [0, 0.05) is 18.6 Å². The molecule has 0 radical (unpaired) electrons. The Morgan fingerprint density at radius 2 is 1.26 bits per heavy atom. The smallest absolute Gasteiger partial charge is 0.222 e. The molecule has 0 fully saturated rings. The molecule has 0 heterocycles. The summed E-state index contributed by atoms with van der Waals surface area (Å²) in [5.41, 5.74) is 0.189. The molecule has 5 nitrogen and oxygen atoms in total. The molecule has 0 unspecified atom stereocenters. The first kappa shape index (κ1) is 22.4. The molecule has 0 saturated carbocycles. The Balaban J connectivity index is 3.24. The van der Waals surface area contributed by atoms with Crippen LogP contribution in [-0.4, -0.2) is 51.1 Å². The molecule has 0 aliphatic rings.